The van der Waals surface area contributed by atoms with Gasteiger partial charge in [-0.05, 0) is 0 Å². The number of likely N-dealkylation sites (tertiary alicyclic amines) is 1. The minimum atomic E-state index is 0.586. The van der Waals surface area contributed by atoms with Crippen molar-refractivity contribution in [3.8, 4) is 0 Å². The van der Waals surface area contributed by atoms with Crippen molar-refractivity contribution in [3.63, 3.8) is 0 Å². The van der Waals surface area contributed by atoms with Crippen molar-refractivity contribution < 1.29 is 0 Å². The van der Waals surface area contributed by atoms with Gasteiger partial charge in [-0.25, -0.2) is 0 Å². The molecule has 1 rings (SSSR count). The molecule has 1 unspecified atom stereocenters. The molecule has 0 amide bonds. The van der Waals surface area contributed by atoms with Gasteiger partial charge in [-0.15, -0.1) is 0 Å². The van der Waals surface area contributed by atoms with Crippen LogP contribution in [0, 0.1) is 0 Å². The first-order valence-electron chi connectivity index (χ1n) is 5.11. The Hall–Kier alpha value is 0.297. The quantitative estimate of drug-likeness (QED) is 0.439. The molecule has 0 saturated carbocycles. The van der Waals surface area contributed by atoms with Gasteiger partial charge in [-0.3, -0.25) is 0 Å². The molecule has 2 heteroatoms. The predicted octanol–water partition coefficient (Wildman–Crippen LogP) is 1.93. The van der Waals surface area contributed by atoms with Gasteiger partial charge in [-0.2, -0.15) is 0 Å². The second-order valence-electron chi connectivity index (χ2n) is 3.97. The molecule has 1 nitrogen and oxygen atoms in total. The molecular weight excluding hydrogens is 141 g/mol. The summed E-state index contributed by atoms with van der Waals surface area (Å²) in [7, 11) is 0. The number of rotatable bonds is 2. The van der Waals surface area contributed by atoms with Gasteiger partial charge in [-0.1, -0.05) is 0 Å². The molecule has 0 spiro atoms. The average Bonchev–Trinajstić information content (AvgIpc) is 2.30. The van der Waals surface area contributed by atoms with Gasteiger partial charge in [0.25, 0.3) is 0 Å². The van der Waals surface area contributed by atoms with E-state index < -0.39 is 0 Å². The van der Waals surface area contributed by atoms with Crippen molar-refractivity contribution in [1.82, 2.24) is 4.90 Å². The Labute approximate surface area is 85.4 Å². The molecule has 12 heavy (non-hydrogen) atoms. The molecule has 1 heterocycles. The molecule has 0 aromatic rings. The maximum absolute atomic E-state index is 4.02. The predicted molar refractivity (Wildman–Crippen MR) is 54.4 cm³/mol. The summed E-state index contributed by atoms with van der Waals surface area (Å²) in [6.45, 7) is 8.70. The van der Waals surface area contributed by atoms with Crippen LogP contribution in [0.5, 0.6) is 0 Å². The molecule has 1 aliphatic rings. The molecule has 1 fully saturated rings. The zero-order valence-electron chi connectivity index (χ0n) is 8.47. The van der Waals surface area contributed by atoms with E-state index in [1.807, 2.05) is 0 Å². The van der Waals surface area contributed by atoms with Crippen LogP contribution in [0.25, 0.3) is 0 Å². The molecule has 0 bridgehead atoms. The molecule has 0 aromatic heterocycles. The monoisotopic (exact) mass is 159 g/mol. The van der Waals surface area contributed by atoms with Crippen LogP contribution in [0.15, 0.2) is 12.2 Å². The van der Waals surface area contributed by atoms with Crippen LogP contribution in [0.3, 0.4) is 0 Å². The topological polar surface area (TPSA) is 3.24 Å². The third-order valence-electron chi connectivity index (χ3n) is 2.90. The molecular formula is C10H18LiN. The molecule has 0 radical (unpaired) electrons. The van der Waals surface area contributed by atoms with Gasteiger partial charge in [0.15, 0.2) is 0 Å². The van der Waals surface area contributed by atoms with Crippen LogP contribution < -0.4 is 0 Å². The SMILES string of the molecule is [Li][CH](C(=C)C)N1CCCCCC1. The van der Waals surface area contributed by atoms with Gasteiger partial charge < -0.3 is 0 Å². The summed E-state index contributed by atoms with van der Waals surface area (Å²) in [5.74, 6) is 0. The Bertz CT molecular complexity index is 148. The zero-order valence-corrected chi connectivity index (χ0v) is 8.47. The van der Waals surface area contributed by atoms with E-state index in [1.54, 1.807) is 0 Å². The van der Waals surface area contributed by atoms with Crippen molar-refractivity contribution in [3.05, 3.63) is 12.2 Å². The van der Waals surface area contributed by atoms with Crippen molar-refractivity contribution in [2.45, 2.75) is 37.3 Å². The number of nitrogens with zero attached hydrogens (tertiary/aromatic N) is 1. The van der Waals surface area contributed by atoms with Crippen molar-refractivity contribution >= 4 is 17.7 Å². The molecule has 0 aliphatic carbocycles. The molecule has 1 atom stereocenters. The van der Waals surface area contributed by atoms with E-state index >= 15 is 0 Å². The fourth-order valence-electron chi connectivity index (χ4n) is 1.79. The first-order chi connectivity index (χ1) is 5.72. The number of hydrogen-bond donors (Lipinski definition) is 0. The number of hydrogen-bond acceptors (Lipinski definition) is 1. The maximum atomic E-state index is 4.02. The standard InChI is InChI=1S/C10H18N.Li/c1-10(2)9-11-7-5-3-4-6-8-11;/h9H,1,3-8H2,2H3;. The zero-order chi connectivity index (χ0) is 8.97. The van der Waals surface area contributed by atoms with E-state index in [2.05, 4.69) is 36.1 Å². The first kappa shape index (κ1) is 10.4. The third kappa shape index (κ3) is 2.98. The summed E-state index contributed by atoms with van der Waals surface area (Å²) in [4.78, 5) is 2.56. The Balaban J connectivity index is 2.42. The Kier molecular flexibility index (Phi) is 4.43. The van der Waals surface area contributed by atoms with Crippen LogP contribution >= 0.6 is 0 Å². The van der Waals surface area contributed by atoms with E-state index in [0.29, 0.717) is 4.71 Å². The van der Waals surface area contributed by atoms with Crippen molar-refractivity contribution in [2.24, 2.45) is 0 Å². The van der Waals surface area contributed by atoms with Crippen LogP contribution in [-0.2, 0) is 0 Å². The van der Waals surface area contributed by atoms with Crippen molar-refractivity contribution in [1.29, 1.82) is 0 Å². The Morgan fingerprint density at radius 1 is 1.25 bits per heavy atom. The molecule has 1 aliphatic heterocycles. The van der Waals surface area contributed by atoms with Crippen LogP contribution in [0.2, 0.25) is 0 Å². The Morgan fingerprint density at radius 2 is 1.75 bits per heavy atom. The van der Waals surface area contributed by atoms with Crippen LogP contribution in [0.4, 0.5) is 0 Å². The second kappa shape index (κ2) is 5.12. The fourth-order valence-corrected chi connectivity index (χ4v) is 1.79. The molecule has 0 aromatic carbocycles. The van der Waals surface area contributed by atoms with E-state index in [9.17, 15) is 0 Å². The Morgan fingerprint density at radius 3 is 2.17 bits per heavy atom. The third-order valence-corrected chi connectivity index (χ3v) is 2.90. The van der Waals surface area contributed by atoms with E-state index in [0.717, 1.165) is 0 Å². The van der Waals surface area contributed by atoms with Gasteiger partial charge >= 0.3 is 85.2 Å². The van der Waals surface area contributed by atoms with Gasteiger partial charge in [0, 0.05) is 0 Å². The molecule has 0 N–H and O–H groups in total. The molecule has 1 saturated heterocycles. The fraction of sp³-hybridized carbons (Fsp3) is 0.800. The second-order valence-corrected chi connectivity index (χ2v) is 3.97. The van der Waals surface area contributed by atoms with Gasteiger partial charge in [0.2, 0.25) is 0 Å². The van der Waals surface area contributed by atoms with Crippen molar-refractivity contribution in [2.75, 3.05) is 13.1 Å². The van der Waals surface area contributed by atoms with E-state index in [1.165, 1.54) is 44.3 Å². The summed E-state index contributed by atoms with van der Waals surface area (Å²) in [5, 5.41) is 0. The van der Waals surface area contributed by atoms with E-state index in [-0.39, 0.29) is 0 Å². The summed E-state index contributed by atoms with van der Waals surface area (Å²) < 4.78 is 0.586. The van der Waals surface area contributed by atoms with Gasteiger partial charge in [0.1, 0.15) is 0 Å². The first-order valence-corrected chi connectivity index (χ1v) is 5.11. The van der Waals surface area contributed by atoms with Gasteiger partial charge in [0.05, 0.1) is 0 Å². The summed E-state index contributed by atoms with van der Waals surface area (Å²) in [6, 6.07) is 0. The summed E-state index contributed by atoms with van der Waals surface area (Å²) in [6.07, 6.45) is 5.58. The summed E-state index contributed by atoms with van der Waals surface area (Å²) in [5.41, 5.74) is 1.30. The summed E-state index contributed by atoms with van der Waals surface area (Å²) >= 11 is 2.27. The molecule has 64 valence electrons. The minimum absolute atomic E-state index is 0.586. The normalized spacial score (nSPS) is 23.2. The van der Waals surface area contributed by atoms with E-state index in [4.69, 9.17) is 0 Å². The van der Waals surface area contributed by atoms with Crippen LogP contribution in [0.1, 0.15) is 32.6 Å². The average molecular weight is 159 g/mol. The van der Waals surface area contributed by atoms with Crippen LogP contribution in [-0.4, -0.2) is 40.4 Å².